The summed E-state index contributed by atoms with van der Waals surface area (Å²) >= 11 is 0. The Labute approximate surface area is 130 Å². The Morgan fingerprint density at radius 3 is 0.889 bits per heavy atom. The zero-order valence-corrected chi connectivity index (χ0v) is 16.0. The topological polar surface area (TPSA) is 0 Å². The van der Waals surface area contributed by atoms with Gasteiger partial charge in [0, 0.05) is 0 Å². The van der Waals surface area contributed by atoms with Crippen molar-refractivity contribution in [2.75, 3.05) is 26.2 Å². The molecule has 0 bridgehead atoms. The first kappa shape index (κ1) is 20.9. The molecule has 2 heteroatoms. The molecule has 0 heterocycles. The Hall–Kier alpha value is 0.622. The molecule has 0 N–H and O–H groups in total. The Morgan fingerprint density at radius 1 is 0.500 bits per heavy atom. The Bertz CT molecular complexity index is 122. The summed E-state index contributed by atoms with van der Waals surface area (Å²) in [5, 5.41) is 0. The van der Waals surface area contributed by atoms with Gasteiger partial charge in [-0.3, -0.25) is 0 Å². The standard InChI is InChI=1S/C16H36N.Re/c1-5-9-13-17(14-10-6-2,15-11-7-3)16-12-8-4;/h5-16H2,1-4H3;/q+1;+4. The first-order valence-corrected chi connectivity index (χ1v) is 8.09. The van der Waals surface area contributed by atoms with Gasteiger partial charge < -0.3 is 4.48 Å². The van der Waals surface area contributed by atoms with E-state index in [1.54, 1.807) is 0 Å². The quantitative estimate of drug-likeness (QED) is 0.384. The van der Waals surface area contributed by atoms with Crippen molar-refractivity contribution in [3.63, 3.8) is 0 Å². The van der Waals surface area contributed by atoms with Crippen molar-refractivity contribution in [1.82, 2.24) is 0 Å². The fourth-order valence-corrected chi connectivity index (χ4v) is 2.64. The van der Waals surface area contributed by atoms with Gasteiger partial charge in [0.15, 0.2) is 0 Å². The molecule has 0 spiro atoms. The Kier molecular flexibility index (Phi) is 16.3. The largest absolute Gasteiger partial charge is 4.00 e. The molecule has 0 aliphatic carbocycles. The molecule has 18 heavy (non-hydrogen) atoms. The van der Waals surface area contributed by atoms with Crippen molar-refractivity contribution in [3.8, 4) is 0 Å². The van der Waals surface area contributed by atoms with Crippen LogP contribution in [0.3, 0.4) is 0 Å². The monoisotopic (exact) mass is 429 g/mol. The Morgan fingerprint density at radius 2 is 0.722 bits per heavy atom. The van der Waals surface area contributed by atoms with E-state index in [0.29, 0.717) is 0 Å². The van der Waals surface area contributed by atoms with Crippen LogP contribution in [0.2, 0.25) is 0 Å². The van der Waals surface area contributed by atoms with Crippen LogP contribution >= 0.6 is 0 Å². The van der Waals surface area contributed by atoms with Crippen LogP contribution in [0.25, 0.3) is 0 Å². The van der Waals surface area contributed by atoms with Gasteiger partial charge in [-0.15, -0.1) is 0 Å². The van der Waals surface area contributed by atoms with Crippen LogP contribution in [-0.4, -0.2) is 30.7 Å². The van der Waals surface area contributed by atoms with Crippen LogP contribution in [-0.2, 0) is 20.4 Å². The second-order valence-electron chi connectivity index (χ2n) is 5.65. The molecule has 0 fully saturated rings. The van der Waals surface area contributed by atoms with E-state index in [0.717, 1.165) is 0 Å². The molecule has 0 aliphatic rings. The van der Waals surface area contributed by atoms with Crippen LogP contribution in [0.5, 0.6) is 0 Å². The predicted octanol–water partition coefficient (Wildman–Crippen LogP) is 5.00. The average molecular weight is 429 g/mol. The first-order valence-electron chi connectivity index (χ1n) is 8.09. The number of nitrogens with zero attached hydrogens (tertiary/aromatic N) is 1. The maximum atomic E-state index is 2.33. The number of unbranched alkanes of at least 4 members (excludes halogenated alkanes) is 4. The van der Waals surface area contributed by atoms with Crippen molar-refractivity contribution in [1.29, 1.82) is 0 Å². The summed E-state index contributed by atoms with van der Waals surface area (Å²) < 4.78 is 1.42. The maximum absolute atomic E-state index is 2.33. The molecule has 0 rings (SSSR count). The van der Waals surface area contributed by atoms with E-state index >= 15 is 0 Å². The number of hydrogen-bond acceptors (Lipinski definition) is 0. The summed E-state index contributed by atoms with van der Waals surface area (Å²) in [4.78, 5) is 0. The predicted molar refractivity (Wildman–Crippen MR) is 79.4 cm³/mol. The van der Waals surface area contributed by atoms with Crippen LogP contribution in [0.15, 0.2) is 0 Å². The molecule has 0 aliphatic heterocycles. The zero-order chi connectivity index (χ0) is 13.0. The van der Waals surface area contributed by atoms with Gasteiger partial charge in [-0.1, -0.05) is 53.4 Å². The smallest absolute Gasteiger partial charge is 0.324 e. The van der Waals surface area contributed by atoms with Crippen molar-refractivity contribution < 1.29 is 24.9 Å². The van der Waals surface area contributed by atoms with Crippen LogP contribution < -0.4 is 0 Å². The van der Waals surface area contributed by atoms with E-state index in [1.165, 1.54) is 82.0 Å². The summed E-state index contributed by atoms with van der Waals surface area (Å²) in [6.07, 6.45) is 11.1. The number of hydrogen-bond donors (Lipinski definition) is 0. The number of rotatable bonds is 12. The van der Waals surface area contributed by atoms with Gasteiger partial charge in [-0.05, 0) is 25.7 Å². The van der Waals surface area contributed by atoms with Gasteiger partial charge in [0.2, 0.25) is 0 Å². The zero-order valence-electron chi connectivity index (χ0n) is 13.3. The van der Waals surface area contributed by atoms with Crippen LogP contribution in [0.4, 0.5) is 0 Å². The molecule has 0 unspecified atom stereocenters. The maximum Gasteiger partial charge on any atom is 4.00 e. The first-order chi connectivity index (χ1) is 8.24. The minimum absolute atomic E-state index is 0. The van der Waals surface area contributed by atoms with E-state index in [4.69, 9.17) is 0 Å². The Balaban J connectivity index is 0. The van der Waals surface area contributed by atoms with E-state index in [1.807, 2.05) is 0 Å². The van der Waals surface area contributed by atoms with Gasteiger partial charge in [0.1, 0.15) is 0 Å². The molecule has 1 nitrogen and oxygen atoms in total. The number of quaternary nitrogens is 1. The van der Waals surface area contributed by atoms with Crippen molar-refractivity contribution >= 4 is 0 Å². The van der Waals surface area contributed by atoms with Gasteiger partial charge in [0.25, 0.3) is 0 Å². The second-order valence-corrected chi connectivity index (χ2v) is 5.65. The van der Waals surface area contributed by atoms with Gasteiger partial charge in [0.05, 0.1) is 26.2 Å². The summed E-state index contributed by atoms with van der Waals surface area (Å²) in [6.45, 7) is 15.0. The molecule has 0 saturated carbocycles. The average Bonchev–Trinajstić information content (AvgIpc) is 2.37. The molecular formula is C16H36NRe+5. The minimum atomic E-state index is 0. The fourth-order valence-electron chi connectivity index (χ4n) is 2.64. The molecular weight excluding hydrogens is 392 g/mol. The molecule has 0 atom stereocenters. The van der Waals surface area contributed by atoms with Gasteiger partial charge in [-0.2, -0.15) is 0 Å². The van der Waals surface area contributed by atoms with Crippen molar-refractivity contribution in [2.45, 2.75) is 79.1 Å². The molecule has 0 aromatic carbocycles. The third-order valence-corrected chi connectivity index (χ3v) is 3.94. The second kappa shape index (κ2) is 14.0. The minimum Gasteiger partial charge on any atom is -0.324 e. The summed E-state index contributed by atoms with van der Waals surface area (Å²) in [7, 11) is 0. The fraction of sp³-hybridized carbons (Fsp3) is 1.00. The third-order valence-electron chi connectivity index (χ3n) is 3.94. The van der Waals surface area contributed by atoms with Crippen LogP contribution in [0.1, 0.15) is 79.1 Å². The van der Waals surface area contributed by atoms with Crippen molar-refractivity contribution in [3.05, 3.63) is 0 Å². The SMILES string of the molecule is CCCC[N+](CCCC)(CCCC)CCCC.[Re+4]. The third kappa shape index (κ3) is 9.54. The normalized spacial score (nSPS) is 11.3. The van der Waals surface area contributed by atoms with Crippen LogP contribution in [0, 0.1) is 0 Å². The molecule has 1 radical (unpaired) electrons. The molecule has 0 amide bonds. The molecule has 107 valence electrons. The summed E-state index contributed by atoms with van der Waals surface area (Å²) in [6, 6.07) is 0. The summed E-state index contributed by atoms with van der Waals surface area (Å²) in [5.74, 6) is 0. The molecule has 0 saturated heterocycles. The van der Waals surface area contributed by atoms with E-state index in [-0.39, 0.29) is 20.4 Å². The van der Waals surface area contributed by atoms with Gasteiger partial charge >= 0.3 is 20.4 Å². The van der Waals surface area contributed by atoms with Crippen molar-refractivity contribution in [2.24, 2.45) is 0 Å². The van der Waals surface area contributed by atoms with Gasteiger partial charge in [-0.25, -0.2) is 0 Å². The molecule has 0 aromatic rings. The van der Waals surface area contributed by atoms with E-state index < -0.39 is 0 Å². The summed E-state index contributed by atoms with van der Waals surface area (Å²) in [5.41, 5.74) is 0. The van der Waals surface area contributed by atoms with E-state index in [9.17, 15) is 0 Å². The van der Waals surface area contributed by atoms with E-state index in [2.05, 4.69) is 27.7 Å². The molecule has 0 aromatic heterocycles.